The maximum Gasteiger partial charge on any atom is 0.488 e. The van der Waals surface area contributed by atoms with E-state index in [0.29, 0.717) is 5.46 Å². The van der Waals surface area contributed by atoms with E-state index in [1.165, 1.54) is 7.11 Å². The Labute approximate surface area is 83.0 Å². The lowest BCUT2D eigenvalue weighted by atomic mass is 9.80. The molecule has 14 heavy (non-hydrogen) atoms. The second-order valence-corrected chi connectivity index (χ2v) is 2.85. The first kappa shape index (κ1) is 10.8. The minimum atomic E-state index is -1.43. The van der Waals surface area contributed by atoms with Gasteiger partial charge in [-0.25, -0.2) is 0 Å². The molecule has 1 rings (SSSR count). The molecular weight excluding hydrogens is 181 g/mol. The third-order valence-corrected chi connectivity index (χ3v) is 1.85. The summed E-state index contributed by atoms with van der Waals surface area (Å²) in [5.74, 6) is 0. The molecule has 74 valence electrons. The zero-order valence-corrected chi connectivity index (χ0v) is 8.14. The van der Waals surface area contributed by atoms with Gasteiger partial charge in [0.05, 0.1) is 5.71 Å². The Hall–Kier alpha value is -1.33. The summed E-state index contributed by atoms with van der Waals surface area (Å²) in [5, 5.41) is 21.5. The largest absolute Gasteiger partial charge is 0.488 e. The average molecular weight is 193 g/mol. The van der Waals surface area contributed by atoms with Crippen molar-refractivity contribution in [3.8, 4) is 0 Å². The van der Waals surface area contributed by atoms with Crippen LogP contribution in [0.5, 0.6) is 0 Å². The number of hydrogen-bond donors (Lipinski definition) is 2. The van der Waals surface area contributed by atoms with Gasteiger partial charge >= 0.3 is 7.12 Å². The Kier molecular flexibility index (Phi) is 3.68. The molecule has 5 heteroatoms. The highest BCUT2D eigenvalue weighted by atomic mass is 16.6. The number of hydrogen-bond acceptors (Lipinski definition) is 4. The van der Waals surface area contributed by atoms with E-state index in [9.17, 15) is 0 Å². The van der Waals surface area contributed by atoms with Crippen LogP contribution >= 0.6 is 0 Å². The minimum absolute atomic E-state index is 0.457. The lowest BCUT2D eigenvalue weighted by Gasteiger charge is -2.02. The normalized spacial score (nSPS) is 11.3. The lowest BCUT2D eigenvalue weighted by Crippen LogP contribution is -2.29. The van der Waals surface area contributed by atoms with Gasteiger partial charge in [0.25, 0.3) is 0 Å². The fourth-order valence-electron chi connectivity index (χ4n) is 1.09. The van der Waals surface area contributed by atoms with Crippen molar-refractivity contribution in [2.75, 3.05) is 7.11 Å². The van der Waals surface area contributed by atoms with Gasteiger partial charge in [-0.3, -0.25) is 0 Å². The molecule has 0 bridgehead atoms. The zero-order chi connectivity index (χ0) is 10.6. The van der Waals surface area contributed by atoms with Crippen LogP contribution in [0.15, 0.2) is 29.4 Å². The van der Waals surface area contributed by atoms with E-state index in [4.69, 9.17) is 10.0 Å². The van der Waals surface area contributed by atoms with Crippen molar-refractivity contribution < 1.29 is 14.9 Å². The highest BCUT2D eigenvalue weighted by Gasteiger charge is 2.10. The molecule has 1 aromatic carbocycles. The Morgan fingerprint density at radius 2 is 1.86 bits per heavy atom. The van der Waals surface area contributed by atoms with Crippen LogP contribution < -0.4 is 5.46 Å². The summed E-state index contributed by atoms with van der Waals surface area (Å²) < 4.78 is 0. The second kappa shape index (κ2) is 4.78. The summed E-state index contributed by atoms with van der Waals surface area (Å²) in [7, 11) is 0.0544. The van der Waals surface area contributed by atoms with Crippen LogP contribution in [-0.2, 0) is 4.84 Å². The van der Waals surface area contributed by atoms with Crippen molar-refractivity contribution in [3.63, 3.8) is 0 Å². The van der Waals surface area contributed by atoms with Gasteiger partial charge in [0, 0.05) is 0 Å². The van der Waals surface area contributed by atoms with Crippen molar-refractivity contribution in [1.82, 2.24) is 0 Å². The van der Waals surface area contributed by atoms with Crippen LogP contribution in [0.1, 0.15) is 12.5 Å². The molecule has 0 heterocycles. The smallest absolute Gasteiger partial charge is 0.423 e. The number of oxime groups is 1. The first-order valence-corrected chi connectivity index (χ1v) is 4.19. The van der Waals surface area contributed by atoms with Gasteiger partial charge in [0.1, 0.15) is 7.11 Å². The van der Waals surface area contributed by atoms with E-state index in [2.05, 4.69) is 9.99 Å². The van der Waals surface area contributed by atoms with Crippen molar-refractivity contribution in [2.45, 2.75) is 6.92 Å². The number of nitrogens with zero attached hydrogens (tertiary/aromatic N) is 1. The van der Waals surface area contributed by atoms with E-state index in [0.717, 1.165) is 11.3 Å². The molecule has 0 spiro atoms. The third-order valence-electron chi connectivity index (χ3n) is 1.85. The van der Waals surface area contributed by atoms with Crippen LogP contribution in [0, 0.1) is 0 Å². The van der Waals surface area contributed by atoms with E-state index in [1.54, 1.807) is 24.3 Å². The molecule has 0 aliphatic heterocycles. The third kappa shape index (κ3) is 2.58. The fourth-order valence-corrected chi connectivity index (χ4v) is 1.09. The Morgan fingerprint density at radius 3 is 2.29 bits per heavy atom. The summed E-state index contributed by atoms with van der Waals surface area (Å²) in [5.41, 5.74) is 2.08. The van der Waals surface area contributed by atoms with Gasteiger partial charge in [-0.15, -0.1) is 0 Å². The van der Waals surface area contributed by atoms with Crippen molar-refractivity contribution in [3.05, 3.63) is 29.8 Å². The van der Waals surface area contributed by atoms with Gasteiger partial charge in [-0.05, 0) is 17.9 Å². The number of rotatable bonds is 3. The molecule has 0 aromatic heterocycles. The van der Waals surface area contributed by atoms with Gasteiger partial charge in [-0.1, -0.05) is 29.4 Å². The molecule has 0 amide bonds. The van der Waals surface area contributed by atoms with Crippen molar-refractivity contribution in [2.24, 2.45) is 5.16 Å². The molecule has 1 aromatic rings. The fraction of sp³-hybridized carbons (Fsp3) is 0.222. The van der Waals surface area contributed by atoms with Crippen molar-refractivity contribution >= 4 is 18.3 Å². The first-order valence-electron chi connectivity index (χ1n) is 4.19. The zero-order valence-electron chi connectivity index (χ0n) is 8.14. The summed E-state index contributed by atoms with van der Waals surface area (Å²) in [6.45, 7) is 1.81. The quantitative estimate of drug-likeness (QED) is 0.394. The molecular formula is C9H12BNO3. The minimum Gasteiger partial charge on any atom is -0.423 e. The summed E-state index contributed by atoms with van der Waals surface area (Å²) >= 11 is 0. The van der Waals surface area contributed by atoms with E-state index in [-0.39, 0.29) is 0 Å². The van der Waals surface area contributed by atoms with E-state index >= 15 is 0 Å². The SMILES string of the molecule is CON=C(C)c1ccc(B(O)O)cc1. The van der Waals surface area contributed by atoms with E-state index < -0.39 is 7.12 Å². The average Bonchev–Trinajstić information content (AvgIpc) is 2.18. The maximum absolute atomic E-state index is 8.86. The molecule has 0 radical (unpaired) electrons. The first-order chi connectivity index (χ1) is 6.65. The molecule has 0 unspecified atom stereocenters. The van der Waals surface area contributed by atoms with Crippen LogP contribution in [-0.4, -0.2) is 30.0 Å². The molecule has 0 aliphatic rings. The Morgan fingerprint density at radius 1 is 1.29 bits per heavy atom. The maximum atomic E-state index is 8.86. The summed E-state index contributed by atoms with van der Waals surface area (Å²) in [6.07, 6.45) is 0. The van der Waals surface area contributed by atoms with Gasteiger partial charge in [-0.2, -0.15) is 0 Å². The predicted octanol–water partition coefficient (Wildman–Crippen LogP) is -0.263. The molecule has 0 saturated carbocycles. The van der Waals surface area contributed by atoms with Crippen molar-refractivity contribution in [1.29, 1.82) is 0 Å². The summed E-state index contributed by atoms with van der Waals surface area (Å²) in [4.78, 5) is 4.62. The highest BCUT2D eigenvalue weighted by Crippen LogP contribution is 2.00. The molecule has 0 aliphatic carbocycles. The standard InChI is InChI=1S/C9H12BNO3/c1-7(11-14-2)8-3-5-9(6-4-8)10(12)13/h3-6,12-13H,1-2H3. The second-order valence-electron chi connectivity index (χ2n) is 2.85. The highest BCUT2D eigenvalue weighted by molar-refractivity contribution is 6.58. The number of benzene rings is 1. The van der Waals surface area contributed by atoms with E-state index in [1.807, 2.05) is 6.92 Å². The molecule has 0 atom stereocenters. The van der Waals surface area contributed by atoms with Crippen LogP contribution in [0.4, 0.5) is 0 Å². The van der Waals surface area contributed by atoms with Gasteiger partial charge in [0.15, 0.2) is 0 Å². The molecule has 2 N–H and O–H groups in total. The molecule has 0 fully saturated rings. The Balaban J connectivity index is 2.88. The van der Waals surface area contributed by atoms with Gasteiger partial charge < -0.3 is 14.9 Å². The Bertz CT molecular complexity index is 321. The van der Waals surface area contributed by atoms with Crippen LogP contribution in [0.2, 0.25) is 0 Å². The lowest BCUT2D eigenvalue weighted by molar-refractivity contribution is 0.213. The molecule has 0 saturated heterocycles. The van der Waals surface area contributed by atoms with Crippen LogP contribution in [0.3, 0.4) is 0 Å². The predicted molar refractivity (Wildman–Crippen MR) is 55.5 cm³/mol. The summed E-state index contributed by atoms with van der Waals surface area (Å²) in [6, 6.07) is 6.78. The van der Waals surface area contributed by atoms with Gasteiger partial charge in [0.2, 0.25) is 0 Å². The topological polar surface area (TPSA) is 62.0 Å². The molecule has 4 nitrogen and oxygen atoms in total. The van der Waals surface area contributed by atoms with Crippen LogP contribution in [0.25, 0.3) is 0 Å². The monoisotopic (exact) mass is 193 g/mol.